The van der Waals surface area contributed by atoms with Crippen molar-refractivity contribution in [2.75, 3.05) is 27.2 Å². The lowest BCUT2D eigenvalue weighted by Gasteiger charge is -2.45. The number of likely N-dealkylation sites (tertiary alicyclic amines) is 1. The third kappa shape index (κ3) is 5.12. The first-order valence-electron chi connectivity index (χ1n) is 11.6. The number of carbonyl (C=O) groups is 2. The maximum absolute atomic E-state index is 14.1. The molecular weight excluding hydrogens is 446 g/mol. The molecule has 2 aromatic rings. The molecule has 2 aliphatic rings. The Hall–Kier alpha value is -2.85. The number of amides is 2. The Morgan fingerprint density at radius 3 is 2.65 bits per heavy atom. The predicted molar refractivity (Wildman–Crippen MR) is 120 cm³/mol. The molecule has 1 saturated carbocycles. The van der Waals surface area contributed by atoms with Gasteiger partial charge in [-0.1, -0.05) is 18.0 Å². The number of hydrogen-bond donors (Lipinski definition) is 2. The number of aromatic nitrogens is 1. The van der Waals surface area contributed by atoms with Crippen molar-refractivity contribution in [3.8, 4) is 11.3 Å². The van der Waals surface area contributed by atoms with Crippen LogP contribution in [0, 0.1) is 17.6 Å². The van der Waals surface area contributed by atoms with Crippen molar-refractivity contribution < 1.29 is 28.0 Å². The van der Waals surface area contributed by atoms with E-state index in [9.17, 15) is 23.5 Å². The van der Waals surface area contributed by atoms with Gasteiger partial charge in [-0.2, -0.15) is 0 Å². The van der Waals surface area contributed by atoms with Crippen molar-refractivity contribution in [1.82, 2.24) is 20.3 Å². The van der Waals surface area contributed by atoms with Gasteiger partial charge >= 0.3 is 0 Å². The van der Waals surface area contributed by atoms with Crippen molar-refractivity contribution in [1.29, 1.82) is 0 Å². The number of nitrogens with zero attached hydrogens (tertiary/aromatic N) is 3. The van der Waals surface area contributed by atoms with Crippen molar-refractivity contribution in [3.05, 3.63) is 41.6 Å². The Balaban J connectivity index is 1.48. The Labute approximate surface area is 196 Å². The quantitative estimate of drug-likeness (QED) is 0.688. The summed E-state index contributed by atoms with van der Waals surface area (Å²) in [5.74, 6) is -2.66. The summed E-state index contributed by atoms with van der Waals surface area (Å²) in [5.41, 5.74) is -0.0622. The van der Waals surface area contributed by atoms with E-state index in [1.165, 1.54) is 17.0 Å². The normalized spacial score (nSPS) is 25.7. The number of hydrogen-bond acceptors (Lipinski definition) is 6. The van der Waals surface area contributed by atoms with Crippen molar-refractivity contribution in [3.63, 3.8) is 0 Å². The highest BCUT2D eigenvalue weighted by atomic mass is 19.1. The van der Waals surface area contributed by atoms with Gasteiger partial charge in [0, 0.05) is 51.4 Å². The summed E-state index contributed by atoms with van der Waals surface area (Å²) in [4.78, 5) is 29.6. The maximum atomic E-state index is 14.1. The first kappa shape index (κ1) is 24.3. The minimum atomic E-state index is -0.822. The lowest BCUT2D eigenvalue weighted by molar-refractivity contribution is -0.136. The van der Waals surface area contributed by atoms with Gasteiger partial charge < -0.3 is 19.8 Å². The zero-order valence-electron chi connectivity index (χ0n) is 19.3. The van der Waals surface area contributed by atoms with Crippen molar-refractivity contribution in [2.24, 2.45) is 5.92 Å². The van der Waals surface area contributed by atoms with Crippen LogP contribution in [0.25, 0.3) is 11.3 Å². The van der Waals surface area contributed by atoms with E-state index in [2.05, 4.69) is 15.4 Å². The monoisotopic (exact) mass is 476 g/mol. The highest BCUT2D eigenvalue weighted by Gasteiger charge is 2.40. The summed E-state index contributed by atoms with van der Waals surface area (Å²) in [7, 11) is 3.35. The molecule has 1 aromatic heterocycles. The van der Waals surface area contributed by atoms with Gasteiger partial charge in [0.25, 0.3) is 5.91 Å². The third-order valence-corrected chi connectivity index (χ3v) is 6.82. The van der Waals surface area contributed by atoms with Crippen LogP contribution in [0.2, 0.25) is 0 Å². The molecule has 10 heteroatoms. The Morgan fingerprint density at radius 1 is 1.18 bits per heavy atom. The molecule has 184 valence electrons. The van der Waals surface area contributed by atoms with Gasteiger partial charge in [0.1, 0.15) is 11.6 Å². The molecule has 2 N–H and O–H groups in total. The van der Waals surface area contributed by atoms with Gasteiger partial charge in [0.05, 0.1) is 17.6 Å². The average molecular weight is 477 g/mol. The fraction of sp³-hybridized carbons (Fsp3) is 0.542. The van der Waals surface area contributed by atoms with E-state index in [0.29, 0.717) is 19.5 Å². The van der Waals surface area contributed by atoms with Crippen LogP contribution in [0.5, 0.6) is 0 Å². The zero-order valence-corrected chi connectivity index (χ0v) is 19.3. The molecule has 0 radical (unpaired) electrons. The second kappa shape index (κ2) is 10.2. The zero-order chi connectivity index (χ0) is 24.4. The second-order valence-electron chi connectivity index (χ2n) is 9.32. The Kier molecular flexibility index (Phi) is 7.27. The van der Waals surface area contributed by atoms with E-state index in [4.69, 9.17) is 4.52 Å². The van der Waals surface area contributed by atoms with Crippen LogP contribution in [0.1, 0.15) is 42.6 Å². The second-order valence-corrected chi connectivity index (χ2v) is 9.32. The molecule has 4 rings (SSSR count). The molecule has 2 heterocycles. The number of aliphatic hydroxyl groups is 1. The van der Waals surface area contributed by atoms with Gasteiger partial charge in [-0.25, -0.2) is 8.78 Å². The van der Waals surface area contributed by atoms with E-state index >= 15 is 0 Å². The van der Waals surface area contributed by atoms with E-state index in [-0.39, 0.29) is 29.0 Å². The van der Waals surface area contributed by atoms with Gasteiger partial charge in [-0.15, -0.1) is 0 Å². The summed E-state index contributed by atoms with van der Waals surface area (Å²) in [6, 6.07) is 3.92. The minimum absolute atomic E-state index is 0.00433. The number of nitrogens with one attached hydrogen (secondary N) is 1. The van der Waals surface area contributed by atoms with Gasteiger partial charge in [-0.3, -0.25) is 14.5 Å². The van der Waals surface area contributed by atoms with E-state index in [0.717, 1.165) is 37.8 Å². The van der Waals surface area contributed by atoms with Crippen LogP contribution in [0.15, 0.2) is 28.8 Å². The molecule has 34 heavy (non-hydrogen) atoms. The van der Waals surface area contributed by atoms with Gasteiger partial charge in [0.15, 0.2) is 11.5 Å². The lowest BCUT2D eigenvalue weighted by atomic mass is 9.85. The number of benzene rings is 1. The maximum Gasteiger partial charge on any atom is 0.273 e. The van der Waals surface area contributed by atoms with Gasteiger partial charge in [0.2, 0.25) is 5.91 Å². The standard InChI is InChI=1S/C24H30F2N4O4/c1-29(2)24(33)16-13-30(20-5-3-4-6-21(20)31)10-9-18(16)27-23(32)19-12-22(34-28-19)15-8-7-14(25)11-17(15)26/h7-8,11-12,16,18,20-21,31H,3-6,9-10,13H2,1-2H3,(H,27,32)/t16-,18-,20?,21?/m1/s1. The van der Waals surface area contributed by atoms with Crippen LogP contribution < -0.4 is 5.32 Å². The first-order chi connectivity index (χ1) is 16.2. The summed E-state index contributed by atoms with van der Waals surface area (Å²) in [5, 5.41) is 17.1. The average Bonchev–Trinajstić information content (AvgIpc) is 3.29. The van der Waals surface area contributed by atoms with Crippen molar-refractivity contribution >= 4 is 11.8 Å². The molecule has 0 spiro atoms. The minimum Gasteiger partial charge on any atom is -0.391 e. The smallest absolute Gasteiger partial charge is 0.273 e. The molecule has 4 atom stereocenters. The molecule has 2 amide bonds. The number of rotatable bonds is 5. The number of piperidine rings is 1. The van der Waals surface area contributed by atoms with Crippen LogP contribution in [-0.4, -0.2) is 77.2 Å². The van der Waals surface area contributed by atoms with Crippen molar-refractivity contribution in [2.45, 2.75) is 50.3 Å². The largest absolute Gasteiger partial charge is 0.391 e. The fourth-order valence-electron chi connectivity index (χ4n) is 4.99. The number of carbonyl (C=O) groups excluding carboxylic acids is 2. The summed E-state index contributed by atoms with van der Waals surface area (Å²) in [6.07, 6.45) is 3.84. The summed E-state index contributed by atoms with van der Waals surface area (Å²) in [6.45, 7) is 1.09. The van der Waals surface area contributed by atoms with E-state index in [1.807, 2.05) is 0 Å². The molecule has 1 saturated heterocycles. The molecule has 2 fully saturated rings. The molecule has 1 aromatic carbocycles. The Bertz CT molecular complexity index is 1040. The third-order valence-electron chi connectivity index (χ3n) is 6.82. The number of aliphatic hydroxyl groups excluding tert-OH is 1. The fourth-order valence-corrected chi connectivity index (χ4v) is 4.99. The summed E-state index contributed by atoms with van der Waals surface area (Å²) >= 11 is 0. The molecule has 1 aliphatic heterocycles. The molecular formula is C24H30F2N4O4. The molecule has 1 aliphatic carbocycles. The van der Waals surface area contributed by atoms with E-state index < -0.39 is 35.6 Å². The Morgan fingerprint density at radius 2 is 1.94 bits per heavy atom. The first-order valence-corrected chi connectivity index (χ1v) is 11.6. The molecule has 8 nitrogen and oxygen atoms in total. The topological polar surface area (TPSA) is 98.9 Å². The van der Waals surface area contributed by atoms with Crippen LogP contribution in [-0.2, 0) is 4.79 Å². The molecule has 0 bridgehead atoms. The van der Waals surface area contributed by atoms with Crippen LogP contribution in [0.4, 0.5) is 8.78 Å². The van der Waals surface area contributed by atoms with E-state index in [1.54, 1.807) is 14.1 Å². The summed E-state index contributed by atoms with van der Waals surface area (Å²) < 4.78 is 32.4. The SMILES string of the molecule is CN(C)C(=O)[C@@H]1CN(C2CCCCC2O)CC[C@H]1NC(=O)c1cc(-c2ccc(F)cc2F)on1. The van der Waals surface area contributed by atoms with Gasteiger partial charge in [-0.05, 0) is 31.4 Å². The lowest BCUT2D eigenvalue weighted by Crippen LogP contribution is -2.59. The predicted octanol–water partition coefficient (Wildman–Crippen LogP) is 2.43. The van der Waals surface area contributed by atoms with Crippen LogP contribution >= 0.6 is 0 Å². The highest BCUT2D eigenvalue weighted by Crippen LogP contribution is 2.29. The number of halogens is 2. The molecule has 2 unspecified atom stereocenters. The van der Waals surface area contributed by atoms with Crippen LogP contribution in [0.3, 0.4) is 0 Å². The highest BCUT2D eigenvalue weighted by molar-refractivity contribution is 5.94.